The average Bonchev–Trinajstić information content (AvgIpc) is 2.91. The van der Waals surface area contributed by atoms with Crippen LogP contribution in [-0.4, -0.2) is 18.5 Å². The molecule has 19 heavy (non-hydrogen) atoms. The normalized spacial score (nSPS) is 14.5. The van der Waals surface area contributed by atoms with E-state index in [9.17, 15) is 0 Å². The van der Waals surface area contributed by atoms with Gasteiger partial charge in [0.2, 0.25) is 0 Å². The first-order valence-corrected chi connectivity index (χ1v) is 7.61. The first-order chi connectivity index (χ1) is 9.16. The highest BCUT2D eigenvalue weighted by molar-refractivity contribution is 7.07. The second-order valence-corrected chi connectivity index (χ2v) is 6.02. The van der Waals surface area contributed by atoms with Crippen molar-refractivity contribution in [3.63, 3.8) is 0 Å². The van der Waals surface area contributed by atoms with Crippen LogP contribution in [0.15, 0.2) is 47.2 Å². The van der Waals surface area contributed by atoms with Crippen LogP contribution in [-0.2, 0) is 6.54 Å². The van der Waals surface area contributed by atoms with Gasteiger partial charge in [-0.05, 0) is 40.9 Å². The predicted octanol–water partition coefficient (Wildman–Crippen LogP) is 3.52. The van der Waals surface area contributed by atoms with Crippen LogP contribution in [0.3, 0.4) is 0 Å². The largest absolute Gasteiger partial charge is 0.324 e. The SMILES string of the molecule is CC(CN(C)Cc1ccsc1)C(N)c1ccccc1. The van der Waals surface area contributed by atoms with Crippen molar-refractivity contribution in [2.24, 2.45) is 11.7 Å². The summed E-state index contributed by atoms with van der Waals surface area (Å²) >= 11 is 1.75. The third-order valence-corrected chi connectivity index (χ3v) is 4.16. The summed E-state index contributed by atoms with van der Waals surface area (Å²) in [5, 5.41) is 4.33. The van der Waals surface area contributed by atoms with Gasteiger partial charge in [-0.25, -0.2) is 0 Å². The molecule has 3 heteroatoms. The monoisotopic (exact) mass is 274 g/mol. The number of benzene rings is 1. The molecule has 0 aliphatic rings. The molecule has 0 radical (unpaired) electrons. The van der Waals surface area contributed by atoms with Crippen molar-refractivity contribution in [2.75, 3.05) is 13.6 Å². The molecule has 0 spiro atoms. The van der Waals surface area contributed by atoms with Crippen LogP contribution in [0, 0.1) is 5.92 Å². The fourth-order valence-corrected chi connectivity index (χ4v) is 3.03. The Kier molecular flexibility index (Phi) is 5.14. The van der Waals surface area contributed by atoms with Gasteiger partial charge in [0.25, 0.3) is 0 Å². The number of thiophene rings is 1. The Morgan fingerprint density at radius 2 is 1.95 bits per heavy atom. The summed E-state index contributed by atoms with van der Waals surface area (Å²) in [5.74, 6) is 0.436. The van der Waals surface area contributed by atoms with Gasteiger partial charge < -0.3 is 10.6 Å². The van der Waals surface area contributed by atoms with E-state index in [1.54, 1.807) is 11.3 Å². The molecule has 0 bridgehead atoms. The van der Waals surface area contributed by atoms with Crippen LogP contribution in [0.5, 0.6) is 0 Å². The van der Waals surface area contributed by atoms with Crippen molar-refractivity contribution in [2.45, 2.75) is 19.5 Å². The van der Waals surface area contributed by atoms with Crippen molar-refractivity contribution in [3.05, 3.63) is 58.3 Å². The third kappa shape index (κ3) is 4.16. The van der Waals surface area contributed by atoms with Crippen LogP contribution in [0.25, 0.3) is 0 Å². The van der Waals surface area contributed by atoms with Crippen LogP contribution < -0.4 is 5.73 Å². The van der Waals surface area contributed by atoms with E-state index in [-0.39, 0.29) is 6.04 Å². The Bertz CT molecular complexity index is 467. The summed E-state index contributed by atoms with van der Waals surface area (Å²) in [6.45, 7) is 4.23. The van der Waals surface area contributed by atoms with E-state index in [2.05, 4.69) is 60.0 Å². The van der Waals surface area contributed by atoms with E-state index >= 15 is 0 Å². The highest BCUT2D eigenvalue weighted by Crippen LogP contribution is 2.20. The summed E-state index contributed by atoms with van der Waals surface area (Å²) in [7, 11) is 2.16. The number of hydrogen-bond acceptors (Lipinski definition) is 3. The van der Waals surface area contributed by atoms with Crippen LogP contribution in [0.4, 0.5) is 0 Å². The minimum absolute atomic E-state index is 0.103. The van der Waals surface area contributed by atoms with Gasteiger partial charge in [-0.1, -0.05) is 37.3 Å². The van der Waals surface area contributed by atoms with E-state index < -0.39 is 0 Å². The van der Waals surface area contributed by atoms with Gasteiger partial charge in [0.1, 0.15) is 0 Å². The maximum Gasteiger partial charge on any atom is 0.0333 e. The lowest BCUT2D eigenvalue weighted by molar-refractivity contribution is 0.258. The molecule has 2 nitrogen and oxygen atoms in total. The highest BCUT2D eigenvalue weighted by Gasteiger charge is 2.16. The molecular formula is C16H22N2S. The van der Waals surface area contributed by atoms with Gasteiger partial charge in [0.05, 0.1) is 0 Å². The van der Waals surface area contributed by atoms with Crippen molar-refractivity contribution in [1.82, 2.24) is 4.90 Å². The number of nitrogens with two attached hydrogens (primary N) is 1. The zero-order valence-electron chi connectivity index (χ0n) is 11.6. The quantitative estimate of drug-likeness (QED) is 0.873. The molecular weight excluding hydrogens is 252 g/mol. The first-order valence-electron chi connectivity index (χ1n) is 6.67. The Morgan fingerprint density at radius 3 is 2.58 bits per heavy atom. The van der Waals surface area contributed by atoms with Crippen molar-refractivity contribution in [3.8, 4) is 0 Å². The number of rotatable bonds is 6. The zero-order chi connectivity index (χ0) is 13.7. The number of nitrogens with zero attached hydrogens (tertiary/aromatic N) is 1. The summed E-state index contributed by atoms with van der Waals surface area (Å²) in [6.07, 6.45) is 0. The van der Waals surface area contributed by atoms with Crippen LogP contribution >= 0.6 is 11.3 Å². The van der Waals surface area contributed by atoms with Gasteiger partial charge in [-0.3, -0.25) is 0 Å². The molecule has 0 saturated heterocycles. The second kappa shape index (κ2) is 6.85. The second-order valence-electron chi connectivity index (χ2n) is 5.24. The molecule has 2 rings (SSSR count). The zero-order valence-corrected chi connectivity index (χ0v) is 12.4. The predicted molar refractivity (Wildman–Crippen MR) is 83.2 cm³/mol. The van der Waals surface area contributed by atoms with Gasteiger partial charge in [-0.2, -0.15) is 11.3 Å². The van der Waals surface area contributed by atoms with Gasteiger partial charge in [0.15, 0.2) is 0 Å². The molecule has 0 amide bonds. The molecule has 2 unspecified atom stereocenters. The van der Waals surface area contributed by atoms with Gasteiger partial charge in [-0.15, -0.1) is 0 Å². The summed E-state index contributed by atoms with van der Waals surface area (Å²) in [4.78, 5) is 2.34. The Labute approximate surface area is 119 Å². The Morgan fingerprint density at radius 1 is 1.21 bits per heavy atom. The summed E-state index contributed by atoms with van der Waals surface area (Å²) in [5.41, 5.74) is 8.94. The van der Waals surface area contributed by atoms with E-state index in [1.807, 2.05) is 6.07 Å². The van der Waals surface area contributed by atoms with Crippen LogP contribution in [0.1, 0.15) is 24.1 Å². The fraction of sp³-hybridized carbons (Fsp3) is 0.375. The van der Waals surface area contributed by atoms with Crippen molar-refractivity contribution in [1.29, 1.82) is 0 Å². The molecule has 0 fully saturated rings. The molecule has 1 aromatic carbocycles. The molecule has 2 aromatic rings. The van der Waals surface area contributed by atoms with Gasteiger partial charge >= 0.3 is 0 Å². The molecule has 1 aromatic heterocycles. The lowest BCUT2D eigenvalue weighted by atomic mass is 9.95. The lowest BCUT2D eigenvalue weighted by Crippen LogP contribution is -2.30. The molecule has 0 saturated carbocycles. The van der Waals surface area contributed by atoms with E-state index in [0.717, 1.165) is 13.1 Å². The van der Waals surface area contributed by atoms with Crippen molar-refractivity contribution >= 4 is 11.3 Å². The molecule has 1 heterocycles. The average molecular weight is 274 g/mol. The number of hydrogen-bond donors (Lipinski definition) is 1. The van der Waals surface area contributed by atoms with Gasteiger partial charge in [0, 0.05) is 19.1 Å². The van der Waals surface area contributed by atoms with E-state index in [4.69, 9.17) is 5.73 Å². The highest BCUT2D eigenvalue weighted by atomic mass is 32.1. The minimum atomic E-state index is 0.103. The Balaban J connectivity index is 1.88. The van der Waals surface area contributed by atoms with Crippen LogP contribution in [0.2, 0.25) is 0 Å². The topological polar surface area (TPSA) is 29.3 Å². The lowest BCUT2D eigenvalue weighted by Gasteiger charge is -2.25. The maximum atomic E-state index is 6.34. The molecule has 0 aliphatic carbocycles. The maximum absolute atomic E-state index is 6.34. The van der Waals surface area contributed by atoms with Crippen molar-refractivity contribution < 1.29 is 0 Å². The first kappa shape index (κ1) is 14.3. The molecule has 0 aliphatic heterocycles. The standard InChI is InChI=1S/C16H22N2S/c1-13(16(17)15-6-4-3-5-7-15)10-18(2)11-14-8-9-19-12-14/h3-9,12-13,16H,10-11,17H2,1-2H3. The van der Waals surface area contributed by atoms with E-state index in [1.165, 1.54) is 11.1 Å². The third-order valence-electron chi connectivity index (χ3n) is 3.43. The summed E-state index contributed by atoms with van der Waals surface area (Å²) < 4.78 is 0. The Hall–Kier alpha value is -1.16. The minimum Gasteiger partial charge on any atom is -0.324 e. The summed E-state index contributed by atoms with van der Waals surface area (Å²) in [6, 6.07) is 12.6. The van der Waals surface area contributed by atoms with E-state index in [0.29, 0.717) is 5.92 Å². The molecule has 102 valence electrons. The fourth-order valence-electron chi connectivity index (χ4n) is 2.37. The smallest absolute Gasteiger partial charge is 0.0333 e. The molecule has 2 atom stereocenters. The molecule has 2 N–H and O–H groups in total.